The molecule has 0 radical (unpaired) electrons. The number of hydrogen-bond donors (Lipinski definition) is 1. The second kappa shape index (κ2) is 6.12. The molecule has 0 bridgehead atoms. The Balaban J connectivity index is 2.84. The van der Waals surface area contributed by atoms with Crippen LogP contribution in [-0.4, -0.2) is 11.9 Å². The van der Waals surface area contributed by atoms with Crippen LogP contribution in [0, 0.1) is 0 Å². The minimum absolute atomic E-state index is 0.166. The molecule has 0 aromatic heterocycles. The minimum Gasteiger partial charge on any atom is -0.349 e. The van der Waals surface area contributed by atoms with Crippen LogP contribution in [0.25, 0.3) is 0 Å². The van der Waals surface area contributed by atoms with Crippen molar-refractivity contribution in [2.75, 3.05) is 0 Å². The molecule has 4 heteroatoms. The van der Waals surface area contributed by atoms with Gasteiger partial charge < -0.3 is 5.32 Å². The van der Waals surface area contributed by atoms with Crippen LogP contribution in [0.4, 0.5) is 0 Å². The summed E-state index contributed by atoms with van der Waals surface area (Å²) in [4.78, 5) is 11.9. The predicted molar refractivity (Wildman–Crippen MR) is 68.3 cm³/mol. The van der Waals surface area contributed by atoms with Crippen LogP contribution in [0.3, 0.4) is 0 Å². The molecule has 1 amide bonds. The topological polar surface area (TPSA) is 29.1 Å². The first-order chi connectivity index (χ1) is 7.60. The lowest BCUT2D eigenvalue weighted by Crippen LogP contribution is -2.33. The Bertz CT molecular complexity index is 375. The van der Waals surface area contributed by atoms with Crippen LogP contribution in [0.15, 0.2) is 18.2 Å². The maximum Gasteiger partial charge on any atom is 0.253 e. The number of hydrogen-bond acceptors (Lipinski definition) is 1. The average Bonchev–Trinajstić information content (AvgIpc) is 2.29. The van der Waals surface area contributed by atoms with Crippen molar-refractivity contribution in [3.8, 4) is 0 Å². The van der Waals surface area contributed by atoms with Crippen LogP contribution in [0.5, 0.6) is 0 Å². The zero-order chi connectivity index (χ0) is 12.1. The van der Waals surface area contributed by atoms with E-state index in [1.54, 1.807) is 18.2 Å². The number of nitrogens with one attached hydrogen (secondary N) is 1. The molecule has 0 fully saturated rings. The number of benzene rings is 1. The number of carbonyl (C=O) groups is 1. The zero-order valence-corrected chi connectivity index (χ0v) is 10.9. The molecule has 0 unspecified atom stereocenters. The van der Waals surface area contributed by atoms with E-state index in [9.17, 15) is 4.79 Å². The third kappa shape index (κ3) is 3.13. The third-order valence-electron chi connectivity index (χ3n) is 2.52. The molecular weight excluding hydrogens is 245 g/mol. The molecule has 1 N–H and O–H groups in total. The lowest BCUT2D eigenvalue weighted by molar-refractivity contribution is 0.0935. The molecule has 16 heavy (non-hydrogen) atoms. The number of halogens is 2. The fourth-order valence-electron chi connectivity index (χ4n) is 1.44. The van der Waals surface area contributed by atoms with Crippen molar-refractivity contribution >= 4 is 29.1 Å². The van der Waals surface area contributed by atoms with E-state index in [-0.39, 0.29) is 11.9 Å². The molecule has 0 saturated carbocycles. The van der Waals surface area contributed by atoms with Crippen molar-refractivity contribution in [2.24, 2.45) is 0 Å². The summed E-state index contributed by atoms with van der Waals surface area (Å²) in [7, 11) is 0. The zero-order valence-electron chi connectivity index (χ0n) is 9.39. The Morgan fingerprint density at radius 2 is 1.94 bits per heavy atom. The molecule has 0 aliphatic heterocycles. The quantitative estimate of drug-likeness (QED) is 0.873. The molecule has 1 aromatic carbocycles. The van der Waals surface area contributed by atoms with Gasteiger partial charge >= 0.3 is 0 Å². The van der Waals surface area contributed by atoms with E-state index in [0.717, 1.165) is 12.8 Å². The van der Waals surface area contributed by atoms with Crippen molar-refractivity contribution in [2.45, 2.75) is 32.7 Å². The maximum atomic E-state index is 11.9. The molecule has 1 rings (SSSR count). The molecule has 0 aliphatic carbocycles. The highest BCUT2D eigenvalue weighted by molar-refractivity contribution is 6.43. The van der Waals surface area contributed by atoms with E-state index in [0.29, 0.717) is 15.6 Å². The van der Waals surface area contributed by atoms with Crippen LogP contribution < -0.4 is 5.32 Å². The van der Waals surface area contributed by atoms with Gasteiger partial charge in [-0.15, -0.1) is 0 Å². The summed E-state index contributed by atoms with van der Waals surface area (Å²) in [5.41, 5.74) is 0.432. The van der Waals surface area contributed by atoms with Gasteiger partial charge in [0.25, 0.3) is 5.91 Å². The summed E-state index contributed by atoms with van der Waals surface area (Å²) >= 11 is 11.8. The predicted octanol–water partition coefficient (Wildman–Crippen LogP) is 3.91. The van der Waals surface area contributed by atoms with E-state index in [4.69, 9.17) is 23.2 Å². The monoisotopic (exact) mass is 259 g/mol. The maximum absolute atomic E-state index is 11.9. The van der Waals surface area contributed by atoms with E-state index < -0.39 is 0 Å². The molecule has 0 aliphatic rings. The Kier molecular flexibility index (Phi) is 5.10. The standard InChI is InChI=1S/C12H15Cl2NO/c1-3-8(4-2)15-12(16)9-6-5-7-10(13)11(9)14/h5-8H,3-4H2,1-2H3,(H,15,16). The highest BCUT2D eigenvalue weighted by Gasteiger charge is 2.14. The van der Waals surface area contributed by atoms with Gasteiger partial charge in [0.05, 0.1) is 15.6 Å². The normalized spacial score (nSPS) is 10.6. The lowest BCUT2D eigenvalue weighted by atomic mass is 10.1. The van der Waals surface area contributed by atoms with Gasteiger partial charge in [0.15, 0.2) is 0 Å². The van der Waals surface area contributed by atoms with Crippen molar-refractivity contribution in [1.82, 2.24) is 5.32 Å². The molecule has 0 saturated heterocycles. The largest absolute Gasteiger partial charge is 0.349 e. The Labute approximate surface area is 106 Å². The van der Waals surface area contributed by atoms with Crippen molar-refractivity contribution in [3.05, 3.63) is 33.8 Å². The number of amides is 1. The number of carbonyl (C=O) groups excluding carboxylic acids is 1. The van der Waals surface area contributed by atoms with E-state index in [2.05, 4.69) is 5.32 Å². The molecular formula is C12H15Cl2NO. The van der Waals surface area contributed by atoms with Crippen molar-refractivity contribution < 1.29 is 4.79 Å². The fourth-order valence-corrected chi connectivity index (χ4v) is 1.82. The first-order valence-electron chi connectivity index (χ1n) is 5.35. The van der Waals surface area contributed by atoms with Gasteiger partial charge in [-0.3, -0.25) is 4.79 Å². The first kappa shape index (κ1) is 13.3. The third-order valence-corrected chi connectivity index (χ3v) is 3.34. The van der Waals surface area contributed by atoms with E-state index in [1.807, 2.05) is 13.8 Å². The van der Waals surface area contributed by atoms with Crippen LogP contribution in [0.2, 0.25) is 10.0 Å². The highest BCUT2D eigenvalue weighted by atomic mass is 35.5. The summed E-state index contributed by atoms with van der Waals surface area (Å²) in [6.07, 6.45) is 1.81. The summed E-state index contributed by atoms with van der Waals surface area (Å²) in [6.45, 7) is 4.07. The molecule has 0 atom stereocenters. The van der Waals surface area contributed by atoms with Crippen LogP contribution >= 0.6 is 23.2 Å². The van der Waals surface area contributed by atoms with Gasteiger partial charge in [0.1, 0.15) is 0 Å². The van der Waals surface area contributed by atoms with Crippen LogP contribution in [-0.2, 0) is 0 Å². The second-order valence-corrected chi connectivity index (χ2v) is 4.37. The Hall–Kier alpha value is -0.730. The van der Waals surface area contributed by atoms with Crippen molar-refractivity contribution in [1.29, 1.82) is 0 Å². The average molecular weight is 260 g/mol. The summed E-state index contributed by atoms with van der Waals surface area (Å²) in [6, 6.07) is 5.24. The highest BCUT2D eigenvalue weighted by Crippen LogP contribution is 2.25. The number of rotatable bonds is 4. The summed E-state index contributed by atoms with van der Waals surface area (Å²) in [5, 5.41) is 3.63. The van der Waals surface area contributed by atoms with Crippen LogP contribution in [0.1, 0.15) is 37.0 Å². The van der Waals surface area contributed by atoms with Gasteiger partial charge in [-0.1, -0.05) is 43.1 Å². The molecule has 2 nitrogen and oxygen atoms in total. The SMILES string of the molecule is CCC(CC)NC(=O)c1cccc(Cl)c1Cl. The Morgan fingerprint density at radius 1 is 1.31 bits per heavy atom. The smallest absolute Gasteiger partial charge is 0.253 e. The fraction of sp³-hybridized carbons (Fsp3) is 0.417. The molecule has 0 spiro atoms. The van der Waals surface area contributed by atoms with Gasteiger partial charge in [-0.25, -0.2) is 0 Å². The molecule has 0 heterocycles. The Morgan fingerprint density at radius 3 is 2.50 bits per heavy atom. The van der Waals surface area contributed by atoms with E-state index in [1.165, 1.54) is 0 Å². The molecule has 88 valence electrons. The summed E-state index contributed by atoms with van der Waals surface area (Å²) < 4.78 is 0. The van der Waals surface area contributed by atoms with Crippen molar-refractivity contribution in [3.63, 3.8) is 0 Å². The summed E-state index contributed by atoms with van der Waals surface area (Å²) in [5.74, 6) is -0.166. The van der Waals surface area contributed by atoms with E-state index >= 15 is 0 Å². The minimum atomic E-state index is -0.166. The first-order valence-corrected chi connectivity index (χ1v) is 6.10. The lowest BCUT2D eigenvalue weighted by Gasteiger charge is -2.15. The van der Waals surface area contributed by atoms with Gasteiger partial charge in [0, 0.05) is 6.04 Å². The molecule has 1 aromatic rings. The van der Waals surface area contributed by atoms with Gasteiger partial charge in [-0.2, -0.15) is 0 Å². The second-order valence-electron chi connectivity index (χ2n) is 3.59. The van der Waals surface area contributed by atoms with Gasteiger partial charge in [0.2, 0.25) is 0 Å². The van der Waals surface area contributed by atoms with Gasteiger partial charge in [-0.05, 0) is 25.0 Å².